The SMILES string of the molecule is NS(=O)(=O)c1ccc(N2CCC(Nc3ccccc3F)CC2)c([N+](=O)[O-])c1. The molecule has 27 heavy (non-hydrogen) atoms. The molecule has 1 fully saturated rings. The molecule has 144 valence electrons. The van der Waals surface area contributed by atoms with Crippen molar-refractivity contribution >= 4 is 27.1 Å². The largest absolute Gasteiger partial charge is 0.380 e. The smallest absolute Gasteiger partial charge is 0.293 e. The maximum atomic E-state index is 13.8. The standard InChI is InChI=1S/C17H19FN4O4S/c18-14-3-1-2-4-15(14)20-12-7-9-21(10-8-12)16-6-5-13(27(19,25)26)11-17(16)22(23)24/h1-6,11-12,20H,7-10H2,(H2,19,25,26). The number of nitrogens with one attached hydrogen (secondary N) is 1. The van der Waals surface area contributed by atoms with Crippen molar-refractivity contribution in [2.24, 2.45) is 5.14 Å². The van der Waals surface area contributed by atoms with Gasteiger partial charge in [-0.2, -0.15) is 0 Å². The number of benzene rings is 2. The molecule has 0 radical (unpaired) electrons. The van der Waals surface area contributed by atoms with Gasteiger partial charge in [0.2, 0.25) is 10.0 Å². The molecule has 1 saturated heterocycles. The molecule has 3 N–H and O–H groups in total. The third-order valence-corrected chi connectivity index (χ3v) is 5.45. The topological polar surface area (TPSA) is 119 Å². The molecule has 0 unspecified atom stereocenters. The Kier molecular flexibility index (Phi) is 5.29. The highest BCUT2D eigenvalue weighted by molar-refractivity contribution is 7.89. The van der Waals surface area contributed by atoms with Crippen LogP contribution in [0.3, 0.4) is 0 Å². The molecule has 1 aliphatic rings. The highest BCUT2D eigenvalue weighted by Gasteiger charge is 2.26. The highest BCUT2D eigenvalue weighted by Crippen LogP contribution is 2.32. The molecule has 8 nitrogen and oxygen atoms in total. The van der Waals surface area contributed by atoms with Gasteiger partial charge in [0.05, 0.1) is 15.5 Å². The van der Waals surface area contributed by atoms with Crippen molar-refractivity contribution in [2.45, 2.75) is 23.8 Å². The number of nitro groups is 1. The quantitative estimate of drug-likeness (QED) is 0.594. The molecule has 0 saturated carbocycles. The number of hydrogen-bond acceptors (Lipinski definition) is 6. The predicted molar refractivity (Wildman–Crippen MR) is 99.7 cm³/mol. The molecule has 0 spiro atoms. The van der Waals surface area contributed by atoms with Crippen molar-refractivity contribution in [3.63, 3.8) is 0 Å². The van der Waals surface area contributed by atoms with Crippen molar-refractivity contribution in [2.75, 3.05) is 23.3 Å². The number of rotatable bonds is 5. The third kappa shape index (κ3) is 4.34. The predicted octanol–water partition coefficient (Wildman–Crippen LogP) is 2.46. The van der Waals surface area contributed by atoms with E-state index in [-0.39, 0.29) is 22.4 Å². The first-order chi connectivity index (χ1) is 12.8. The Morgan fingerprint density at radius 1 is 1.19 bits per heavy atom. The van der Waals surface area contributed by atoms with Crippen LogP contribution < -0.4 is 15.4 Å². The van der Waals surface area contributed by atoms with Crippen LogP contribution in [0, 0.1) is 15.9 Å². The Bertz CT molecular complexity index is 959. The number of primary sulfonamides is 1. The maximum absolute atomic E-state index is 13.8. The van der Waals surface area contributed by atoms with Gasteiger partial charge >= 0.3 is 0 Å². The lowest BCUT2D eigenvalue weighted by molar-refractivity contribution is -0.384. The number of nitrogens with two attached hydrogens (primary N) is 1. The van der Waals surface area contributed by atoms with Crippen LogP contribution in [0.4, 0.5) is 21.5 Å². The van der Waals surface area contributed by atoms with E-state index in [4.69, 9.17) is 5.14 Å². The van der Waals surface area contributed by atoms with Crippen molar-refractivity contribution in [1.82, 2.24) is 0 Å². The van der Waals surface area contributed by atoms with Gasteiger partial charge in [-0.05, 0) is 37.1 Å². The summed E-state index contributed by atoms with van der Waals surface area (Å²) in [6, 6.07) is 10.1. The minimum atomic E-state index is -4.02. The number of para-hydroxylation sites is 1. The highest BCUT2D eigenvalue weighted by atomic mass is 32.2. The summed E-state index contributed by atoms with van der Waals surface area (Å²) in [5.41, 5.74) is 0.471. The van der Waals surface area contributed by atoms with Crippen LogP contribution >= 0.6 is 0 Å². The Morgan fingerprint density at radius 3 is 2.44 bits per heavy atom. The minimum absolute atomic E-state index is 0.0425. The van der Waals surface area contributed by atoms with Gasteiger partial charge in [-0.1, -0.05) is 12.1 Å². The van der Waals surface area contributed by atoms with Crippen LogP contribution in [-0.2, 0) is 10.0 Å². The van der Waals surface area contributed by atoms with Crippen LogP contribution in [0.2, 0.25) is 0 Å². The van der Waals surface area contributed by atoms with Gasteiger partial charge in [0.15, 0.2) is 0 Å². The van der Waals surface area contributed by atoms with E-state index >= 15 is 0 Å². The number of hydrogen-bond donors (Lipinski definition) is 2. The van der Waals surface area contributed by atoms with Gasteiger partial charge in [-0.15, -0.1) is 0 Å². The number of anilines is 2. The van der Waals surface area contributed by atoms with E-state index in [0.717, 1.165) is 6.07 Å². The first-order valence-electron chi connectivity index (χ1n) is 8.33. The summed E-state index contributed by atoms with van der Waals surface area (Å²) in [4.78, 5) is 12.3. The summed E-state index contributed by atoms with van der Waals surface area (Å²) in [5, 5.41) is 19.6. The molecular formula is C17H19FN4O4S. The van der Waals surface area contributed by atoms with Gasteiger partial charge in [0.25, 0.3) is 5.69 Å². The van der Waals surface area contributed by atoms with E-state index in [1.807, 2.05) is 4.90 Å². The lowest BCUT2D eigenvalue weighted by atomic mass is 10.0. The molecule has 2 aromatic carbocycles. The zero-order valence-electron chi connectivity index (χ0n) is 14.3. The second-order valence-corrected chi connectivity index (χ2v) is 7.90. The van der Waals surface area contributed by atoms with Crippen LogP contribution in [0.5, 0.6) is 0 Å². The summed E-state index contributed by atoms with van der Waals surface area (Å²) in [7, 11) is -4.02. The van der Waals surface area contributed by atoms with E-state index in [2.05, 4.69) is 5.32 Å². The number of nitro benzene ring substituents is 1. The van der Waals surface area contributed by atoms with Gasteiger partial charge in [0.1, 0.15) is 11.5 Å². The van der Waals surface area contributed by atoms with Crippen molar-refractivity contribution in [1.29, 1.82) is 0 Å². The van der Waals surface area contributed by atoms with Gasteiger partial charge in [0, 0.05) is 25.2 Å². The summed E-state index contributed by atoms with van der Waals surface area (Å²) in [6.07, 6.45) is 1.31. The fourth-order valence-corrected chi connectivity index (χ4v) is 3.69. The molecule has 1 heterocycles. The van der Waals surface area contributed by atoms with Crippen LogP contribution in [-0.4, -0.2) is 32.5 Å². The summed E-state index contributed by atoms with van der Waals surface area (Å²) < 4.78 is 36.6. The Labute approximate surface area is 156 Å². The Morgan fingerprint density at radius 2 is 1.85 bits per heavy atom. The normalized spacial score (nSPS) is 15.6. The molecule has 10 heteroatoms. The van der Waals surface area contributed by atoms with Gasteiger partial charge in [-0.25, -0.2) is 17.9 Å². The van der Waals surface area contributed by atoms with Gasteiger partial charge in [-0.3, -0.25) is 10.1 Å². The van der Waals surface area contributed by atoms with E-state index in [1.54, 1.807) is 18.2 Å². The first-order valence-corrected chi connectivity index (χ1v) is 9.87. The zero-order valence-corrected chi connectivity index (χ0v) is 15.2. The molecule has 0 bridgehead atoms. The molecule has 1 aliphatic heterocycles. The fraction of sp³-hybridized carbons (Fsp3) is 0.294. The molecule has 3 rings (SSSR count). The van der Waals surface area contributed by atoms with Crippen LogP contribution in [0.15, 0.2) is 47.4 Å². The summed E-state index contributed by atoms with van der Waals surface area (Å²) >= 11 is 0. The van der Waals surface area contributed by atoms with E-state index in [1.165, 1.54) is 18.2 Å². The maximum Gasteiger partial charge on any atom is 0.293 e. The fourth-order valence-electron chi connectivity index (χ4n) is 3.16. The lowest BCUT2D eigenvalue weighted by Gasteiger charge is -2.34. The first kappa shape index (κ1) is 19.1. The van der Waals surface area contributed by atoms with Crippen molar-refractivity contribution in [3.05, 3.63) is 58.4 Å². The number of halogens is 1. The van der Waals surface area contributed by atoms with E-state index < -0.39 is 14.9 Å². The second kappa shape index (κ2) is 7.49. The molecule has 0 aromatic heterocycles. The average molecular weight is 394 g/mol. The minimum Gasteiger partial charge on any atom is -0.380 e. The van der Waals surface area contributed by atoms with E-state index in [9.17, 15) is 22.9 Å². The van der Waals surface area contributed by atoms with Crippen LogP contribution in [0.25, 0.3) is 0 Å². The molecule has 0 aliphatic carbocycles. The third-order valence-electron chi connectivity index (χ3n) is 4.54. The van der Waals surface area contributed by atoms with Crippen molar-refractivity contribution in [3.8, 4) is 0 Å². The summed E-state index contributed by atoms with van der Waals surface area (Å²) in [6.45, 7) is 1.03. The molecule has 0 amide bonds. The molecule has 0 atom stereocenters. The lowest BCUT2D eigenvalue weighted by Crippen LogP contribution is -2.39. The molecular weight excluding hydrogens is 375 g/mol. The Hall–Kier alpha value is -2.72. The number of sulfonamides is 1. The molecule has 2 aromatic rings. The monoisotopic (exact) mass is 394 g/mol. The average Bonchev–Trinajstić information content (AvgIpc) is 2.63. The zero-order chi connectivity index (χ0) is 19.6. The van der Waals surface area contributed by atoms with Crippen molar-refractivity contribution < 1.29 is 17.7 Å². The summed E-state index contributed by atoms with van der Waals surface area (Å²) in [5.74, 6) is -0.325. The van der Waals surface area contributed by atoms with Gasteiger partial charge < -0.3 is 10.2 Å². The number of nitrogens with zero attached hydrogens (tertiary/aromatic N) is 2. The second-order valence-electron chi connectivity index (χ2n) is 6.34. The van der Waals surface area contributed by atoms with E-state index in [0.29, 0.717) is 37.3 Å². The number of piperidine rings is 1. The van der Waals surface area contributed by atoms with Crippen LogP contribution in [0.1, 0.15) is 12.8 Å². The Balaban J connectivity index is 1.74.